The molecule has 1 saturated heterocycles. The van der Waals surface area contributed by atoms with Gasteiger partial charge in [0.25, 0.3) is 5.91 Å². The van der Waals surface area contributed by atoms with E-state index in [1.807, 2.05) is 48.2 Å². The van der Waals surface area contributed by atoms with Crippen LogP contribution in [0, 0.1) is 5.92 Å². The fourth-order valence-corrected chi connectivity index (χ4v) is 3.93. The lowest BCUT2D eigenvalue weighted by molar-refractivity contribution is 0.0687. The van der Waals surface area contributed by atoms with Crippen LogP contribution in [-0.2, 0) is 6.42 Å². The number of aromatic nitrogens is 4. The number of piperidine rings is 1. The summed E-state index contributed by atoms with van der Waals surface area (Å²) in [7, 11) is 0. The maximum Gasteiger partial charge on any atom is 0.253 e. The lowest BCUT2D eigenvalue weighted by atomic mass is 9.90. The lowest BCUT2D eigenvalue weighted by Crippen LogP contribution is -2.38. The van der Waals surface area contributed by atoms with Crippen molar-refractivity contribution in [2.24, 2.45) is 5.92 Å². The standard InChI is InChI=1S/C23H27N5O2/c1-2-30-22-11-5-18(6-12-22)3-4-19-13-15-27(16-14-19)23(29)20-7-9-21(10-8-20)28-17-24-25-26-28/h5-12,17,19H,2-4,13-16H2,1H3. The molecule has 156 valence electrons. The van der Waals surface area contributed by atoms with Crippen molar-refractivity contribution in [3.05, 3.63) is 66.0 Å². The first-order valence-corrected chi connectivity index (χ1v) is 10.6. The van der Waals surface area contributed by atoms with Crippen molar-refractivity contribution in [3.8, 4) is 11.4 Å². The second-order valence-corrected chi connectivity index (χ2v) is 7.65. The number of nitrogens with zero attached hydrogens (tertiary/aromatic N) is 5. The summed E-state index contributed by atoms with van der Waals surface area (Å²) in [6.45, 7) is 4.33. The molecule has 0 spiro atoms. The molecule has 0 saturated carbocycles. The number of benzene rings is 2. The molecule has 3 aromatic rings. The maximum absolute atomic E-state index is 12.8. The quantitative estimate of drug-likeness (QED) is 0.601. The highest BCUT2D eigenvalue weighted by Gasteiger charge is 2.23. The number of hydrogen-bond donors (Lipinski definition) is 0. The molecule has 0 aliphatic carbocycles. The van der Waals surface area contributed by atoms with E-state index < -0.39 is 0 Å². The SMILES string of the molecule is CCOc1ccc(CCC2CCN(C(=O)c3ccc(-n4cnnn4)cc3)CC2)cc1. The minimum Gasteiger partial charge on any atom is -0.494 e. The Hall–Kier alpha value is -3.22. The molecule has 2 aromatic carbocycles. The normalized spacial score (nSPS) is 14.6. The van der Waals surface area contributed by atoms with Crippen LogP contribution in [0.4, 0.5) is 0 Å². The third kappa shape index (κ3) is 4.84. The molecule has 7 heteroatoms. The Morgan fingerprint density at radius 3 is 2.43 bits per heavy atom. The van der Waals surface area contributed by atoms with Gasteiger partial charge in [-0.05, 0) is 90.9 Å². The average molecular weight is 406 g/mol. The smallest absolute Gasteiger partial charge is 0.253 e. The number of amides is 1. The first-order chi connectivity index (χ1) is 14.7. The Morgan fingerprint density at radius 1 is 1.07 bits per heavy atom. The van der Waals surface area contributed by atoms with Gasteiger partial charge in [0.15, 0.2) is 0 Å². The highest BCUT2D eigenvalue weighted by molar-refractivity contribution is 5.94. The van der Waals surface area contributed by atoms with Crippen molar-refractivity contribution < 1.29 is 9.53 Å². The third-order valence-corrected chi connectivity index (χ3v) is 5.71. The molecule has 30 heavy (non-hydrogen) atoms. The zero-order valence-corrected chi connectivity index (χ0v) is 17.3. The van der Waals surface area contributed by atoms with E-state index in [1.54, 1.807) is 4.68 Å². The van der Waals surface area contributed by atoms with Crippen molar-refractivity contribution >= 4 is 5.91 Å². The molecule has 0 unspecified atom stereocenters. The molecule has 0 atom stereocenters. The molecule has 4 rings (SSSR count). The summed E-state index contributed by atoms with van der Waals surface area (Å²) < 4.78 is 7.08. The van der Waals surface area contributed by atoms with Crippen LogP contribution in [0.1, 0.15) is 42.1 Å². The first-order valence-electron chi connectivity index (χ1n) is 10.6. The minimum atomic E-state index is 0.100. The van der Waals surface area contributed by atoms with Crippen LogP contribution in [0.25, 0.3) is 5.69 Å². The first kappa shape index (κ1) is 20.1. The molecule has 1 aliphatic heterocycles. The van der Waals surface area contributed by atoms with E-state index >= 15 is 0 Å². The van der Waals surface area contributed by atoms with Gasteiger partial charge >= 0.3 is 0 Å². The Labute approximate surface area is 176 Å². The van der Waals surface area contributed by atoms with Gasteiger partial charge in [-0.3, -0.25) is 4.79 Å². The molecule has 1 fully saturated rings. The van der Waals surface area contributed by atoms with Crippen LogP contribution >= 0.6 is 0 Å². The molecule has 0 N–H and O–H groups in total. The van der Waals surface area contributed by atoms with Crippen LogP contribution in [0.15, 0.2) is 54.9 Å². The van der Waals surface area contributed by atoms with Gasteiger partial charge in [0.1, 0.15) is 12.1 Å². The monoisotopic (exact) mass is 405 g/mol. The van der Waals surface area contributed by atoms with Crippen LogP contribution in [0.2, 0.25) is 0 Å². The molecular formula is C23H27N5O2. The van der Waals surface area contributed by atoms with Crippen LogP contribution in [-0.4, -0.2) is 50.7 Å². The zero-order valence-electron chi connectivity index (χ0n) is 17.3. The molecule has 1 amide bonds. The van der Waals surface area contributed by atoms with Crippen LogP contribution < -0.4 is 4.74 Å². The maximum atomic E-state index is 12.8. The number of ether oxygens (including phenoxy) is 1. The van der Waals surface area contributed by atoms with Crippen LogP contribution in [0.3, 0.4) is 0 Å². The van der Waals surface area contributed by atoms with Gasteiger partial charge in [-0.1, -0.05) is 12.1 Å². The van der Waals surface area contributed by atoms with Gasteiger partial charge in [-0.15, -0.1) is 5.10 Å². The van der Waals surface area contributed by atoms with Crippen LogP contribution in [0.5, 0.6) is 5.75 Å². The Bertz CT molecular complexity index is 931. The second-order valence-electron chi connectivity index (χ2n) is 7.65. The lowest BCUT2D eigenvalue weighted by Gasteiger charge is -2.32. The number of carbonyl (C=O) groups is 1. The number of hydrogen-bond acceptors (Lipinski definition) is 5. The van der Waals surface area contributed by atoms with E-state index in [0.29, 0.717) is 18.1 Å². The fraction of sp³-hybridized carbons (Fsp3) is 0.391. The Kier molecular flexibility index (Phi) is 6.37. The van der Waals surface area contributed by atoms with Gasteiger partial charge < -0.3 is 9.64 Å². The summed E-state index contributed by atoms with van der Waals surface area (Å²) in [4.78, 5) is 14.8. The summed E-state index contributed by atoms with van der Waals surface area (Å²) in [5, 5.41) is 11.1. The van der Waals surface area contributed by atoms with E-state index in [4.69, 9.17) is 4.74 Å². The number of likely N-dealkylation sites (tertiary alicyclic amines) is 1. The molecule has 1 aromatic heterocycles. The van der Waals surface area contributed by atoms with Crippen molar-refractivity contribution in [2.75, 3.05) is 19.7 Å². The fourth-order valence-electron chi connectivity index (χ4n) is 3.93. The number of tetrazole rings is 1. The molecule has 0 bridgehead atoms. The molecule has 1 aliphatic rings. The number of aryl methyl sites for hydroxylation is 1. The van der Waals surface area contributed by atoms with E-state index in [1.165, 1.54) is 11.9 Å². The van der Waals surface area contributed by atoms with Gasteiger partial charge in [-0.2, -0.15) is 0 Å². The summed E-state index contributed by atoms with van der Waals surface area (Å²) in [6.07, 6.45) is 5.90. The molecule has 2 heterocycles. The van der Waals surface area contributed by atoms with Gasteiger partial charge in [0.05, 0.1) is 12.3 Å². The molecule has 0 radical (unpaired) electrons. The zero-order chi connectivity index (χ0) is 20.8. The highest BCUT2D eigenvalue weighted by Crippen LogP contribution is 2.24. The van der Waals surface area contributed by atoms with Crippen molar-refractivity contribution in [2.45, 2.75) is 32.6 Å². The van der Waals surface area contributed by atoms with Gasteiger partial charge in [0, 0.05) is 18.7 Å². The summed E-state index contributed by atoms with van der Waals surface area (Å²) >= 11 is 0. The summed E-state index contributed by atoms with van der Waals surface area (Å²) in [5.74, 6) is 1.70. The summed E-state index contributed by atoms with van der Waals surface area (Å²) in [5.41, 5.74) is 2.89. The number of rotatable bonds is 7. The van der Waals surface area contributed by atoms with Crippen molar-refractivity contribution in [1.29, 1.82) is 0 Å². The van der Waals surface area contributed by atoms with E-state index in [-0.39, 0.29) is 5.91 Å². The molecule has 7 nitrogen and oxygen atoms in total. The Morgan fingerprint density at radius 2 is 1.80 bits per heavy atom. The van der Waals surface area contributed by atoms with E-state index in [2.05, 4.69) is 27.7 Å². The predicted molar refractivity (Wildman–Crippen MR) is 114 cm³/mol. The van der Waals surface area contributed by atoms with Crippen molar-refractivity contribution in [3.63, 3.8) is 0 Å². The largest absolute Gasteiger partial charge is 0.494 e. The number of carbonyl (C=O) groups excluding carboxylic acids is 1. The van der Waals surface area contributed by atoms with Crippen molar-refractivity contribution in [1.82, 2.24) is 25.1 Å². The topological polar surface area (TPSA) is 73.1 Å². The summed E-state index contributed by atoms with van der Waals surface area (Å²) in [6, 6.07) is 15.8. The third-order valence-electron chi connectivity index (χ3n) is 5.71. The van der Waals surface area contributed by atoms with Gasteiger partial charge in [0.2, 0.25) is 0 Å². The average Bonchev–Trinajstić information content (AvgIpc) is 3.34. The Balaban J connectivity index is 1.25. The second kappa shape index (κ2) is 9.52. The minimum absolute atomic E-state index is 0.100. The molecular weight excluding hydrogens is 378 g/mol. The van der Waals surface area contributed by atoms with Gasteiger partial charge in [-0.25, -0.2) is 4.68 Å². The predicted octanol–water partition coefficient (Wildman–Crippen LogP) is 3.55. The highest BCUT2D eigenvalue weighted by atomic mass is 16.5. The van der Waals surface area contributed by atoms with E-state index in [0.717, 1.165) is 50.2 Å². The van der Waals surface area contributed by atoms with E-state index in [9.17, 15) is 4.79 Å².